The van der Waals surface area contributed by atoms with Gasteiger partial charge in [0.15, 0.2) is 5.82 Å². The van der Waals surface area contributed by atoms with Crippen molar-refractivity contribution in [3.05, 3.63) is 60.7 Å². The van der Waals surface area contributed by atoms with Crippen LogP contribution in [0.4, 0.5) is 0 Å². The van der Waals surface area contributed by atoms with Crippen LogP contribution < -0.4 is 0 Å². The molecule has 3 heterocycles. The molecule has 3 aromatic rings. The summed E-state index contributed by atoms with van der Waals surface area (Å²) in [7, 11) is -3.42. The van der Waals surface area contributed by atoms with Gasteiger partial charge in [0.1, 0.15) is 5.82 Å². The lowest BCUT2D eigenvalue weighted by Crippen LogP contribution is -2.29. The zero-order chi connectivity index (χ0) is 18.0. The number of hydrogen-bond donors (Lipinski definition) is 1. The molecule has 1 aromatic carbocycles. The molecule has 1 fully saturated rings. The number of H-pyrrole nitrogens is 1. The smallest absolute Gasteiger partial charge is 0.243 e. The molecule has 1 atom stereocenters. The third-order valence-electron chi connectivity index (χ3n) is 4.56. The van der Waals surface area contributed by atoms with Crippen LogP contribution in [0.3, 0.4) is 0 Å². The Morgan fingerprint density at radius 2 is 2.00 bits per heavy atom. The first-order valence-corrected chi connectivity index (χ1v) is 9.94. The number of sulfonamides is 1. The molecule has 1 N–H and O–H groups in total. The molecule has 0 amide bonds. The second-order valence-electron chi connectivity index (χ2n) is 6.38. The summed E-state index contributed by atoms with van der Waals surface area (Å²) < 4.78 is 27.0. The van der Waals surface area contributed by atoms with Gasteiger partial charge in [-0.2, -0.15) is 9.40 Å². The number of aromatic nitrogens is 4. The van der Waals surface area contributed by atoms with E-state index in [4.69, 9.17) is 0 Å². The predicted octanol–water partition coefficient (Wildman–Crippen LogP) is 2.12. The lowest BCUT2D eigenvalue weighted by Gasteiger charge is -2.16. The molecule has 0 bridgehead atoms. The van der Waals surface area contributed by atoms with Crippen LogP contribution in [0.25, 0.3) is 11.4 Å². The van der Waals surface area contributed by atoms with E-state index in [9.17, 15) is 8.42 Å². The molecule has 1 saturated heterocycles. The van der Waals surface area contributed by atoms with E-state index in [1.807, 2.05) is 18.2 Å². The number of nitrogens with zero attached hydrogens (tertiary/aromatic N) is 4. The van der Waals surface area contributed by atoms with Crippen LogP contribution in [0.5, 0.6) is 0 Å². The lowest BCUT2D eigenvalue weighted by atomic mass is 10.1. The van der Waals surface area contributed by atoms with Crippen LogP contribution in [0.15, 0.2) is 59.8 Å². The highest BCUT2D eigenvalue weighted by Gasteiger charge is 2.32. The van der Waals surface area contributed by atoms with Crippen LogP contribution in [0.1, 0.15) is 12.2 Å². The fourth-order valence-electron chi connectivity index (χ4n) is 3.21. The molecule has 26 heavy (non-hydrogen) atoms. The van der Waals surface area contributed by atoms with Crippen molar-refractivity contribution in [1.29, 1.82) is 0 Å². The van der Waals surface area contributed by atoms with E-state index < -0.39 is 10.0 Å². The van der Waals surface area contributed by atoms with Gasteiger partial charge >= 0.3 is 0 Å². The van der Waals surface area contributed by atoms with Crippen LogP contribution >= 0.6 is 0 Å². The molecule has 1 aliphatic heterocycles. The Balaban J connectivity index is 1.43. The summed E-state index contributed by atoms with van der Waals surface area (Å²) in [5.74, 6) is 1.61. The first kappa shape index (κ1) is 16.9. The largest absolute Gasteiger partial charge is 0.264 e. The van der Waals surface area contributed by atoms with Crippen molar-refractivity contribution in [3.63, 3.8) is 0 Å². The summed E-state index contributed by atoms with van der Waals surface area (Å²) in [5.41, 5.74) is 0.856. The lowest BCUT2D eigenvalue weighted by molar-refractivity contribution is 0.453. The van der Waals surface area contributed by atoms with E-state index in [1.165, 1.54) is 0 Å². The molecule has 8 heteroatoms. The third-order valence-corrected chi connectivity index (χ3v) is 6.44. The standard InChI is InChI=1S/C18H19N5O2S/c24-26(25,16-6-2-1-3-7-16)23-10-8-14(13-23)11-17-20-18(22-21-17)15-5-4-9-19-12-15/h1-7,9,12,14H,8,10-11,13H2,(H,20,21,22)/t14-/m1/s1. The zero-order valence-corrected chi connectivity index (χ0v) is 14.9. The maximum atomic E-state index is 12.7. The van der Waals surface area contributed by atoms with Gasteiger partial charge in [0, 0.05) is 37.5 Å². The minimum atomic E-state index is -3.42. The number of aromatic amines is 1. The van der Waals surface area contributed by atoms with E-state index in [0.717, 1.165) is 17.8 Å². The van der Waals surface area contributed by atoms with E-state index in [2.05, 4.69) is 20.2 Å². The van der Waals surface area contributed by atoms with Gasteiger partial charge in [0.05, 0.1) is 4.90 Å². The predicted molar refractivity (Wildman–Crippen MR) is 96.6 cm³/mol. The number of hydrogen-bond acceptors (Lipinski definition) is 5. The van der Waals surface area contributed by atoms with Gasteiger partial charge in [0.2, 0.25) is 10.0 Å². The van der Waals surface area contributed by atoms with Crippen LogP contribution in [0.2, 0.25) is 0 Å². The molecule has 134 valence electrons. The highest BCUT2D eigenvalue weighted by Crippen LogP contribution is 2.26. The Bertz CT molecular complexity index is 973. The van der Waals surface area contributed by atoms with E-state index in [1.54, 1.807) is 41.0 Å². The number of benzene rings is 1. The maximum absolute atomic E-state index is 12.7. The van der Waals surface area contributed by atoms with Crippen LogP contribution in [-0.2, 0) is 16.4 Å². The Kier molecular flexibility index (Phi) is 4.52. The van der Waals surface area contributed by atoms with Crippen LogP contribution in [-0.4, -0.2) is 46.0 Å². The molecule has 0 aliphatic carbocycles. The molecule has 4 rings (SSSR count). The topological polar surface area (TPSA) is 91.8 Å². The molecular weight excluding hydrogens is 350 g/mol. The first-order valence-electron chi connectivity index (χ1n) is 8.50. The summed E-state index contributed by atoms with van der Waals surface area (Å²) in [6.07, 6.45) is 4.91. The molecule has 1 aliphatic rings. The molecule has 0 radical (unpaired) electrons. The van der Waals surface area contributed by atoms with Crippen molar-refractivity contribution < 1.29 is 8.42 Å². The minimum absolute atomic E-state index is 0.225. The van der Waals surface area contributed by atoms with Gasteiger partial charge in [-0.15, -0.1) is 0 Å². The van der Waals surface area contributed by atoms with Crippen molar-refractivity contribution >= 4 is 10.0 Å². The molecule has 0 unspecified atom stereocenters. The number of rotatable bonds is 5. The highest BCUT2D eigenvalue weighted by atomic mass is 32.2. The monoisotopic (exact) mass is 369 g/mol. The summed E-state index contributed by atoms with van der Waals surface area (Å²) in [4.78, 5) is 8.93. The average molecular weight is 369 g/mol. The Morgan fingerprint density at radius 3 is 2.77 bits per heavy atom. The minimum Gasteiger partial charge on any atom is -0.264 e. The summed E-state index contributed by atoms with van der Waals surface area (Å²) in [5, 5.41) is 7.20. The normalized spacial score (nSPS) is 18.2. The van der Waals surface area contributed by atoms with E-state index in [-0.39, 0.29) is 5.92 Å². The number of nitrogens with one attached hydrogen (secondary N) is 1. The molecule has 0 saturated carbocycles. The van der Waals surface area contributed by atoms with Gasteiger partial charge in [-0.05, 0) is 36.6 Å². The van der Waals surface area contributed by atoms with Gasteiger partial charge in [-0.25, -0.2) is 13.4 Å². The van der Waals surface area contributed by atoms with Crippen molar-refractivity contribution in [2.45, 2.75) is 17.7 Å². The van der Waals surface area contributed by atoms with Gasteiger partial charge < -0.3 is 0 Å². The second kappa shape index (κ2) is 6.97. The summed E-state index contributed by atoms with van der Waals surface area (Å²) >= 11 is 0. The fraction of sp³-hybridized carbons (Fsp3) is 0.278. The van der Waals surface area contributed by atoms with Crippen molar-refractivity contribution in [3.8, 4) is 11.4 Å². The van der Waals surface area contributed by atoms with Gasteiger partial charge in [-0.3, -0.25) is 10.1 Å². The number of pyridine rings is 1. The van der Waals surface area contributed by atoms with Crippen LogP contribution in [0, 0.1) is 5.92 Å². The molecule has 2 aromatic heterocycles. The Hall–Kier alpha value is -2.58. The average Bonchev–Trinajstić information content (AvgIpc) is 3.34. The highest BCUT2D eigenvalue weighted by molar-refractivity contribution is 7.89. The third kappa shape index (κ3) is 3.38. The Labute approximate surface area is 152 Å². The van der Waals surface area contributed by atoms with Gasteiger partial charge in [-0.1, -0.05) is 18.2 Å². The SMILES string of the molecule is O=S(=O)(c1ccccc1)N1CC[C@H](Cc2nc(-c3cccnc3)n[nH]2)C1. The summed E-state index contributed by atoms with van der Waals surface area (Å²) in [6.45, 7) is 1.03. The molecule has 7 nitrogen and oxygen atoms in total. The zero-order valence-electron chi connectivity index (χ0n) is 14.1. The molecule has 0 spiro atoms. The van der Waals surface area contributed by atoms with Crippen molar-refractivity contribution in [2.75, 3.05) is 13.1 Å². The van der Waals surface area contributed by atoms with Crippen molar-refractivity contribution in [1.82, 2.24) is 24.5 Å². The second-order valence-corrected chi connectivity index (χ2v) is 8.32. The fourth-order valence-corrected chi connectivity index (χ4v) is 4.76. The first-order chi connectivity index (χ1) is 12.6. The van der Waals surface area contributed by atoms with E-state index in [0.29, 0.717) is 30.2 Å². The van der Waals surface area contributed by atoms with E-state index >= 15 is 0 Å². The summed E-state index contributed by atoms with van der Waals surface area (Å²) in [6, 6.07) is 12.3. The molecular formula is C18H19N5O2S. The Morgan fingerprint density at radius 1 is 1.15 bits per heavy atom. The maximum Gasteiger partial charge on any atom is 0.243 e. The van der Waals surface area contributed by atoms with Crippen molar-refractivity contribution in [2.24, 2.45) is 5.92 Å². The van der Waals surface area contributed by atoms with Gasteiger partial charge in [0.25, 0.3) is 0 Å². The quantitative estimate of drug-likeness (QED) is 0.744.